The van der Waals surface area contributed by atoms with Crippen LogP contribution in [-0.4, -0.2) is 36.6 Å². The summed E-state index contributed by atoms with van der Waals surface area (Å²) in [7, 11) is 1.65. The van der Waals surface area contributed by atoms with Crippen LogP contribution in [0.25, 0.3) is 0 Å². The lowest BCUT2D eigenvalue weighted by Crippen LogP contribution is -2.25. The van der Waals surface area contributed by atoms with E-state index >= 15 is 0 Å². The first-order valence-electron chi connectivity index (χ1n) is 11.0. The Kier molecular flexibility index (Phi) is 7.99. The fourth-order valence-electron chi connectivity index (χ4n) is 3.44. The minimum Gasteiger partial charge on any atom is -0.497 e. The van der Waals surface area contributed by atoms with Gasteiger partial charge in [0.1, 0.15) is 12.4 Å². The maximum Gasteiger partial charge on any atom is 0.230 e. The lowest BCUT2D eigenvalue weighted by atomic mass is 10.2. The number of methoxy groups -OCH3 is 1. The highest BCUT2D eigenvalue weighted by Crippen LogP contribution is 2.26. The van der Waals surface area contributed by atoms with Crippen LogP contribution in [0, 0.1) is 6.92 Å². The van der Waals surface area contributed by atoms with Crippen LogP contribution in [0.5, 0.6) is 11.6 Å². The number of halogens is 1. The van der Waals surface area contributed by atoms with Gasteiger partial charge in [-0.2, -0.15) is 4.98 Å². The third-order valence-corrected chi connectivity index (χ3v) is 5.76. The number of benzene rings is 2. The van der Waals surface area contributed by atoms with E-state index in [0.717, 1.165) is 47.9 Å². The summed E-state index contributed by atoms with van der Waals surface area (Å²) in [5.41, 5.74) is 3.63. The smallest absolute Gasteiger partial charge is 0.230 e. The predicted octanol–water partition coefficient (Wildman–Crippen LogP) is 5.47. The third kappa shape index (κ3) is 6.57. The molecule has 1 aliphatic rings. The van der Waals surface area contributed by atoms with E-state index in [2.05, 4.69) is 15.3 Å². The lowest BCUT2D eigenvalue weighted by Gasteiger charge is -2.23. The number of hydrogen-bond donors (Lipinski definition) is 1. The Labute approximate surface area is 199 Å². The third-order valence-electron chi connectivity index (χ3n) is 5.35. The highest BCUT2D eigenvalue weighted by atomic mass is 35.5. The van der Waals surface area contributed by atoms with Crippen molar-refractivity contribution in [2.45, 2.75) is 39.1 Å². The molecule has 1 aromatic heterocycles. The molecule has 0 unspecified atom stereocenters. The van der Waals surface area contributed by atoms with Gasteiger partial charge in [0.2, 0.25) is 11.8 Å². The Hall–Kier alpha value is -2.87. The maximum absolute atomic E-state index is 6.28. The summed E-state index contributed by atoms with van der Waals surface area (Å²) in [5, 5.41) is 3.96. The van der Waals surface area contributed by atoms with E-state index < -0.39 is 0 Å². The Balaban J connectivity index is 1.51. The van der Waals surface area contributed by atoms with Crippen molar-refractivity contribution in [3.05, 3.63) is 70.4 Å². The Morgan fingerprint density at radius 1 is 1.09 bits per heavy atom. The quantitative estimate of drug-likeness (QED) is 0.445. The monoisotopic (exact) mass is 469 g/mol. The second-order valence-electron chi connectivity index (χ2n) is 7.76. The molecule has 0 radical (unpaired) electrons. The molecule has 2 heterocycles. The number of aromatic nitrogens is 2. The molecule has 0 bridgehead atoms. The molecule has 3 aromatic rings. The zero-order chi connectivity index (χ0) is 23.0. The van der Waals surface area contributed by atoms with Gasteiger partial charge in [-0.3, -0.25) is 0 Å². The van der Waals surface area contributed by atoms with Gasteiger partial charge in [0.15, 0.2) is 6.29 Å². The molecule has 4 rings (SSSR count). The summed E-state index contributed by atoms with van der Waals surface area (Å²) in [6.45, 7) is 3.79. The molecule has 1 N–H and O–H groups in total. The van der Waals surface area contributed by atoms with Crippen LogP contribution < -0.4 is 14.8 Å². The van der Waals surface area contributed by atoms with Gasteiger partial charge >= 0.3 is 0 Å². The van der Waals surface area contributed by atoms with Crippen molar-refractivity contribution in [3.63, 3.8) is 0 Å². The average Bonchev–Trinajstić information content (AvgIpc) is 2.85. The molecule has 2 aromatic carbocycles. The van der Waals surface area contributed by atoms with E-state index in [1.165, 1.54) is 0 Å². The van der Waals surface area contributed by atoms with Crippen molar-refractivity contribution >= 4 is 23.2 Å². The van der Waals surface area contributed by atoms with Crippen molar-refractivity contribution in [3.8, 4) is 11.6 Å². The van der Waals surface area contributed by atoms with E-state index in [1.807, 2.05) is 55.5 Å². The Morgan fingerprint density at radius 3 is 2.64 bits per heavy atom. The van der Waals surface area contributed by atoms with Crippen LogP contribution >= 0.6 is 11.6 Å². The summed E-state index contributed by atoms with van der Waals surface area (Å²) in [6, 6.07) is 15.3. The van der Waals surface area contributed by atoms with Crippen LogP contribution in [0.1, 0.15) is 29.7 Å². The summed E-state index contributed by atoms with van der Waals surface area (Å²) >= 11 is 6.28. The lowest BCUT2D eigenvalue weighted by molar-refractivity contribution is -0.180. The number of nitrogens with zero attached hydrogens (tertiary/aromatic N) is 2. The number of anilines is 2. The zero-order valence-corrected chi connectivity index (χ0v) is 19.6. The summed E-state index contributed by atoms with van der Waals surface area (Å²) < 4.78 is 22.6. The molecular formula is C25H28ClN3O4. The Bertz CT molecular complexity index is 1060. The molecule has 0 atom stereocenters. The van der Waals surface area contributed by atoms with Gasteiger partial charge in [0.25, 0.3) is 0 Å². The second kappa shape index (κ2) is 11.3. The van der Waals surface area contributed by atoms with E-state index in [4.69, 9.17) is 30.5 Å². The van der Waals surface area contributed by atoms with Gasteiger partial charge in [-0.05, 0) is 55.2 Å². The summed E-state index contributed by atoms with van der Waals surface area (Å²) in [5.74, 6) is 1.75. The van der Waals surface area contributed by atoms with Gasteiger partial charge < -0.3 is 24.3 Å². The normalized spacial score (nSPS) is 14.2. The molecule has 33 heavy (non-hydrogen) atoms. The summed E-state index contributed by atoms with van der Waals surface area (Å²) in [6.07, 6.45) is 2.12. The molecule has 1 aliphatic heterocycles. The fourth-order valence-corrected chi connectivity index (χ4v) is 3.62. The molecule has 174 valence electrons. The zero-order valence-electron chi connectivity index (χ0n) is 18.8. The minimum atomic E-state index is -0.205. The molecule has 0 saturated carbocycles. The molecule has 1 fully saturated rings. The van der Waals surface area contributed by atoms with Crippen molar-refractivity contribution in [2.75, 3.05) is 25.6 Å². The molecule has 0 spiro atoms. The highest BCUT2D eigenvalue weighted by molar-refractivity contribution is 6.31. The molecule has 8 heteroatoms. The molecule has 7 nitrogen and oxygen atoms in total. The molecular weight excluding hydrogens is 442 g/mol. The standard InChI is InChI=1S/C25H28ClN3O4/c1-17-21(26)5-3-6-22(17)28-25-27-19(9-12-24-31-13-4-14-32-24)15-23(29-25)33-16-18-7-10-20(30-2)11-8-18/h3,5-8,10-11,15,24H,4,9,12-14,16H2,1-2H3,(H,27,28,29). The van der Waals surface area contributed by atoms with Gasteiger partial charge in [0, 0.05) is 28.9 Å². The van der Waals surface area contributed by atoms with Crippen LogP contribution in [0.15, 0.2) is 48.5 Å². The topological polar surface area (TPSA) is 74.7 Å². The first kappa shape index (κ1) is 23.3. The van der Waals surface area contributed by atoms with Gasteiger partial charge in [-0.1, -0.05) is 29.8 Å². The number of hydrogen-bond acceptors (Lipinski definition) is 7. The molecule has 0 aliphatic carbocycles. The van der Waals surface area contributed by atoms with Crippen LogP contribution in [-0.2, 0) is 22.5 Å². The van der Waals surface area contributed by atoms with Crippen LogP contribution in [0.2, 0.25) is 5.02 Å². The van der Waals surface area contributed by atoms with Gasteiger partial charge in [-0.25, -0.2) is 4.98 Å². The first-order chi connectivity index (χ1) is 16.1. The second-order valence-corrected chi connectivity index (χ2v) is 8.17. The largest absolute Gasteiger partial charge is 0.497 e. The van der Waals surface area contributed by atoms with E-state index in [0.29, 0.717) is 36.3 Å². The van der Waals surface area contributed by atoms with E-state index in [9.17, 15) is 0 Å². The molecule has 1 saturated heterocycles. The Morgan fingerprint density at radius 2 is 1.88 bits per heavy atom. The van der Waals surface area contributed by atoms with Gasteiger partial charge in [-0.15, -0.1) is 0 Å². The van der Waals surface area contributed by atoms with Crippen molar-refractivity contribution in [2.24, 2.45) is 0 Å². The van der Waals surface area contributed by atoms with Crippen molar-refractivity contribution in [1.29, 1.82) is 0 Å². The highest BCUT2D eigenvalue weighted by Gasteiger charge is 2.16. The number of rotatable bonds is 9. The first-order valence-corrected chi connectivity index (χ1v) is 11.4. The number of nitrogens with one attached hydrogen (secondary N) is 1. The van der Waals surface area contributed by atoms with Crippen LogP contribution in [0.4, 0.5) is 11.6 Å². The van der Waals surface area contributed by atoms with Crippen LogP contribution in [0.3, 0.4) is 0 Å². The maximum atomic E-state index is 6.28. The number of ether oxygens (including phenoxy) is 4. The van der Waals surface area contributed by atoms with Crippen molar-refractivity contribution < 1.29 is 18.9 Å². The minimum absolute atomic E-state index is 0.205. The average molecular weight is 470 g/mol. The summed E-state index contributed by atoms with van der Waals surface area (Å²) in [4.78, 5) is 9.26. The van der Waals surface area contributed by atoms with E-state index in [-0.39, 0.29) is 6.29 Å². The SMILES string of the molecule is COc1ccc(COc2cc(CCC3OCCCO3)nc(Nc3cccc(Cl)c3C)n2)cc1. The number of aryl methyl sites for hydroxylation is 1. The van der Waals surface area contributed by atoms with E-state index in [1.54, 1.807) is 7.11 Å². The van der Waals surface area contributed by atoms with Crippen molar-refractivity contribution in [1.82, 2.24) is 9.97 Å². The molecule has 0 amide bonds. The fraction of sp³-hybridized carbons (Fsp3) is 0.360. The predicted molar refractivity (Wildman–Crippen MR) is 127 cm³/mol. The van der Waals surface area contributed by atoms with Gasteiger partial charge in [0.05, 0.1) is 20.3 Å².